The lowest BCUT2D eigenvalue weighted by atomic mass is 9.90. The number of nitrogens with zero attached hydrogens (tertiary/aromatic N) is 3. The lowest BCUT2D eigenvalue weighted by molar-refractivity contribution is -0.137. The first-order valence-corrected chi connectivity index (χ1v) is 8.49. The maximum absolute atomic E-state index is 13.0. The van der Waals surface area contributed by atoms with Gasteiger partial charge in [-0.1, -0.05) is 28.1 Å². The van der Waals surface area contributed by atoms with Crippen LogP contribution >= 0.6 is 15.9 Å². The molecule has 1 unspecified atom stereocenters. The Morgan fingerprint density at radius 3 is 2.67 bits per heavy atom. The summed E-state index contributed by atoms with van der Waals surface area (Å²) in [6, 6.07) is 8.98. The standard InChI is InChI=1S/C17H19BrN4O2/c1-17(19,12-3-5-13(18)6-4-12)16(24)22-8-7-14-11(10-22)9-15(23)21(2)20-14/h3-6,9H,7-8,10,19H2,1-2H3. The summed E-state index contributed by atoms with van der Waals surface area (Å²) in [4.78, 5) is 26.4. The zero-order valence-corrected chi connectivity index (χ0v) is 15.2. The van der Waals surface area contributed by atoms with E-state index in [2.05, 4.69) is 21.0 Å². The number of benzene rings is 1. The van der Waals surface area contributed by atoms with E-state index in [1.54, 1.807) is 24.9 Å². The Bertz CT molecular complexity index is 843. The second-order valence-electron chi connectivity index (χ2n) is 6.26. The van der Waals surface area contributed by atoms with Crippen molar-refractivity contribution in [1.82, 2.24) is 14.7 Å². The molecule has 0 saturated carbocycles. The first-order chi connectivity index (χ1) is 11.3. The van der Waals surface area contributed by atoms with E-state index in [1.165, 1.54) is 4.68 Å². The van der Waals surface area contributed by atoms with Crippen molar-refractivity contribution < 1.29 is 4.79 Å². The molecule has 0 spiro atoms. The van der Waals surface area contributed by atoms with Crippen molar-refractivity contribution in [3.63, 3.8) is 0 Å². The molecule has 0 aliphatic carbocycles. The number of nitrogens with two attached hydrogens (primary N) is 1. The lowest BCUT2D eigenvalue weighted by Gasteiger charge is -2.35. The minimum atomic E-state index is -1.12. The van der Waals surface area contributed by atoms with Crippen LogP contribution in [0.5, 0.6) is 0 Å². The lowest BCUT2D eigenvalue weighted by Crippen LogP contribution is -2.52. The predicted molar refractivity (Wildman–Crippen MR) is 94.3 cm³/mol. The average Bonchev–Trinajstić information content (AvgIpc) is 2.55. The third-order valence-corrected chi connectivity index (χ3v) is 4.94. The van der Waals surface area contributed by atoms with Gasteiger partial charge < -0.3 is 10.6 Å². The van der Waals surface area contributed by atoms with Crippen molar-refractivity contribution in [2.24, 2.45) is 12.8 Å². The molecule has 2 N–H and O–H groups in total. The van der Waals surface area contributed by atoms with E-state index in [0.717, 1.165) is 21.3 Å². The number of hydrogen-bond donors (Lipinski definition) is 1. The quantitative estimate of drug-likeness (QED) is 0.837. The molecule has 0 radical (unpaired) electrons. The Kier molecular flexibility index (Phi) is 4.31. The third-order valence-electron chi connectivity index (χ3n) is 4.41. The predicted octanol–water partition coefficient (Wildman–Crippen LogP) is 1.30. The van der Waals surface area contributed by atoms with E-state index in [-0.39, 0.29) is 11.5 Å². The Morgan fingerprint density at radius 1 is 1.33 bits per heavy atom. The van der Waals surface area contributed by atoms with E-state index in [9.17, 15) is 9.59 Å². The van der Waals surface area contributed by atoms with Crippen LogP contribution < -0.4 is 11.3 Å². The van der Waals surface area contributed by atoms with Crippen LogP contribution in [0.15, 0.2) is 39.6 Å². The average molecular weight is 391 g/mol. The summed E-state index contributed by atoms with van der Waals surface area (Å²) >= 11 is 3.38. The number of hydrogen-bond acceptors (Lipinski definition) is 4. The summed E-state index contributed by atoms with van der Waals surface area (Å²) < 4.78 is 2.26. The van der Waals surface area contributed by atoms with Gasteiger partial charge in [-0.3, -0.25) is 9.59 Å². The van der Waals surface area contributed by atoms with E-state index < -0.39 is 5.54 Å². The van der Waals surface area contributed by atoms with E-state index >= 15 is 0 Å². The van der Waals surface area contributed by atoms with Crippen LogP contribution in [0.3, 0.4) is 0 Å². The van der Waals surface area contributed by atoms with Crippen molar-refractivity contribution in [1.29, 1.82) is 0 Å². The zero-order valence-electron chi connectivity index (χ0n) is 13.6. The molecule has 1 atom stereocenters. The fraction of sp³-hybridized carbons (Fsp3) is 0.353. The summed E-state index contributed by atoms with van der Waals surface area (Å²) in [7, 11) is 1.63. The molecule has 7 heteroatoms. The van der Waals surface area contributed by atoms with Crippen molar-refractivity contribution in [3.05, 3.63) is 62.0 Å². The van der Waals surface area contributed by atoms with Gasteiger partial charge in [0.25, 0.3) is 5.56 Å². The van der Waals surface area contributed by atoms with Gasteiger partial charge in [-0.15, -0.1) is 0 Å². The molecule has 6 nitrogen and oxygen atoms in total. The zero-order chi connectivity index (χ0) is 17.5. The van der Waals surface area contributed by atoms with Gasteiger partial charge in [-0.05, 0) is 24.6 Å². The summed E-state index contributed by atoms with van der Waals surface area (Å²) in [5, 5.41) is 4.27. The topological polar surface area (TPSA) is 81.2 Å². The molecule has 126 valence electrons. The van der Waals surface area contributed by atoms with Gasteiger partial charge in [0.2, 0.25) is 5.91 Å². The number of aromatic nitrogens is 2. The normalized spacial score (nSPS) is 16.4. The summed E-state index contributed by atoms with van der Waals surface area (Å²) in [6.07, 6.45) is 0.617. The number of amides is 1. The van der Waals surface area contributed by atoms with Gasteiger partial charge in [0.05, 0.1) is 5.69 Å². The summed E-state index contributed by atoms with van der Waals surface area (Å²) in [5.74, 6) is -0.156. The first kappa shape index (κ1) is 16.9. The fourth-order valence-corrected chi connectivity index (χ4v) is 3.18. The van der Waals surface area contributed by atoms with Crippen LogP contribution in [0.2, 0.25) is 0 Å². The molecular formula is C17H19BrN4O2. The molecule has 24 heavy (non-hydrogen) atoms. The Balaban J connectivity index is 1.86. The molecule has 1 amide bonds. The largest absolute Gasteiger partial charge is 0.336 e. The number of carbonyl (C=O) groups excluding carboxylic acids is 1. The maximum atomic E-state index is 13.0. The third kappa shape index (κ3) is 3.01. The number of halogens is 1. The summed E-state index contributed by atoms with van der Waals surface area (Å²) in [5.41, 5.74) is 7.47. The van der Waals surface area contributed by atoms with Crippen molar-refractivity contribution in [2.45, 2.75) is 25.4 Å². The van der Waals surface area contributed by atoms with Crippen molar-refractivity contribution in [2.75, 3.05) is 6.54 Å². The van der Waals surface area contributed by atoms with Gasteiger partial charge in [0, 0.05) is 42.7 Å². The highest BCUT2D eigenvalue weighted by atomic mass is 79.9. The van der Waals surface area contributed by atoms with Gasteiger partial charge in [-0.25, -0.2) is 4.68 Å². The number of carbonyl (C=O) groups is 1. The SMILES string of the molecule is Cn1nc2c(cc1=O)CN(C(=O)C(C)(N)c1ccc(Br)cc1)CC2. The Morgan fingerprint density at radius 2 is 2.00 bits per heavy atom. The van der Waals surface area contributed by atoms with Crippen LogP contribution in [0, 0.1) is 0 Å². The molecule has 1 aliphatic heterocycles. The molecule has 1 aromatic heterocycles. The molecule has 1 aliphatic rings. The van der Waals surface area contributed by atoms with Crippen molar-refractivity contribution in [3.8, 4) is 0 Å². The van der Waals surface area contributed by atoms with Gasteiger partial charge in [0.15, 0.2) is 0 Å². The monoisotopic (exact) mass is 390 g/mol. The van der Waals surface area contributed by atoms with Gasteiger partial charge in [0.1, 0.15) is 5.54 Å². The molecular weight excluding hydrogens is 372 g/mol. The molecule has 0 saturated heterocycles. The Labute approximate surface area is 148 Å². The highest BCUT2D eigenvalue weighted by Gasteiger charge is 2.36. The molecule has 2 aromatic rings. The number of aryl methyl sites for hydroxylation is 1. The minimum absolute atomic E-state index is 0.156. The molecule has 3 rings (SSSR count). The van der Waals surface area contributed by atoms with Crippen LogP contribution in [0.1, 0.15) is 23.7 Å². The van der Waals surface area contributed by atoms with Crippen LogP contribution in [0.4, 0.5) is 0 Å². The minimum Gasteiger partial charge on any atom is -0.336 e. The van der Waals surface area contributed by atoms with Gasteiger partial charge >= 0.3 is 0 Å². The van der Waals surface area contributed by atoms with Crippen molar-refractivity contribution >= 4 is 21.8 Å². The van der Waals surface area contributed by atoms with E-state index in [4.69, 9.17) is 5.73 Å². The van der Waals surface area contributed by atoms with Crippen LogP contribution in [-0.2, 0) is 30.3 Å². The summed E-state index contributed by atoms with van der Waals surface area (Å²) in [6.45, 7) is 2.62. The molecule has 1 aromatic carbocycles. The molecule has 0 fully saturated rings. The van der Waals surface area contributed by atoms with Crippen LogP contribution in [-0.4, -0.2) is 27.1 Å². The number of fused-ring (bicyclic) bond motifs is 1. The van der Waals surface area contributed by atoms with E-state index in [0.29, 0.717) is 19.5 Å². The maximum Gasteiger partial charge on any atom is 0.266 e. The van der Waals surface area contributed by atoms with Gasteiger partial charge in [-0.2, -0.15) is 5.10 Å². The fourth-order valence-electron chi connectivity index (χ4n) is 2.91. The smallest absolute Gasteiger partial charge is 0.266 e. The Hall–Kier alpha value is -1.99. The second kappa shape index (κ2) is 6.14. The molecule has 2 heterocycles. The highest BCUT2D eigenvalue weighted by Crippen LogP contribution is 2.25. The van der Waals surface area contributed by atoms with Crippen LogP contribution in [0.25, 0.3) is 0 Å². The first-order valence-electron chi connectivity index (χ1n) is 7.69. The second-order valence-corrected chi connectivity index (χ2v) is 7.18. The number of rotatable bonds is 2. The highest BCUT2D eigenvalue weighted by molar-refractivity contribution is 9.10. The van der Waals surface area contributed by atoms with E-state index in [1.807, 2.05) is 24.3 Å². The molecule has 0 bridgehead atoms.